The van der Waals surface area contributed by atoms with Crippen molar-refractivity contribution < 1.29 is 9.47 Å². The van der Waals surface area contributed by atoms with E-state index in [1.165, 1.54) is 6.42 Å². The van der Waals surface area contributed by atoms with E-state index in [1.807, 2.05) is 31.3 Å². The lowest BCUT2D eigenvalue weighted by Gasteiger charge is -2.26. The van der Waals surface area contributed by atoms with Crippen LogP contribution in [-0.4, -0.2) is 57.9 Å². The molecule has 0 amide bonds. The Morgan fingerprint density at radius 1 is 1.48 bits per heavy atom. The zero-order valence-corrected chi connectivity index (χ0v) is 17.9. The number of likely N-dealkylation sites (tertiary alicyclic amines) is 1. The highest BCUT2D eigenvalue weighted by Crippen LogP contribution is 2.38. The summed E-state index contributed by atoms with van der Waals surface area (Å²) in [6.45, 7) is 4.47. The number of nitrogens with zero attached hydrogens (tertiary/aromatic N) is 2. The fourth-order valence-electron chi connectivity index (χ4n) is 3.65. The first-order valence-electron chi connectivity index (χ1n) is 8.47. The van der Waals surface area contributed by atoms with E-state index in [1.54, 1.807) is 7.11 Å². The van der Waals surface area contributed by atoms with Gasteiger partial charge in [-0.1, -0.05) is 23.7 Å². The molecular formula is C18H27ClIN3O2. The molecule has 1 spiro atoms. The second kappa shape index (κ2) is 9.39. The van der Waals surface area contributed by atoms with Gasteiger partial charge in [-0.25, -0.2) is 0 Å². The molecule has 7 heteroatoms. The van der Waals surface area contributed by atoms with Crippen LogP contribution in [-0.2, 0) is 9.47 Å². The summed E-state index contributed by atoms with van der Waals surface area (Å²) >= 11 is 6.09. The molecule has 0 aliphatic carbocycles. The van der Waals surface area contributed by atoms with Crippen molar-refractivity contribution in [1.29, 1.82) is 0 Å². The lowest BCUT2D eigenvalue weighted by atomic mass is 9.87. The molecule has 1 aromatic rings. The van der Waals surface area contributed by atoms with Crippen molar-refractivity contribution in [2.24, 2.45) is 10.4 Å². The second-order valence-corrected chi connectivity index (χ2v) is 7.12. The fraction of sp³-hybridized carbons (Fsp3) is 0.611. The molecule has 2 fully saturated rings. The van der Waals surface area contributed by atoms with Crippen molar-refractivity contribution in [3.8, 4) is 0 Å². The molecule has 0 saturated carbocycles. The molecule has 140 valence electrons. The predicted octanol–water partition coefficient (Wildman–Crippen LogP) is 3.33. The highest BCUT2D eigenvalue weighted by Gasteiger charge is 2.42. The molecule has 0 bridgehead atoms. The number of halogens is 2. The zero-order valence-electron chi connectivity index (χ0n) is 14.8. The van der Waals surface area contributed by atoms with E-state index in [0.717, 1.165) is 49.3 Å². The van der Waals surface area contributed by atoms with Crippen LogP contribution in [0.15, 0.2) is 29.3 Å². The molecular weight excluding hydrogens is 453 g/mol. The molecule has 2 saturated heterocycles. The molecule has 3 rings (SSSR count). The summed E-state index contributed by atoms with van der Waals surface area (Å²) in [5.41, 5.74) is 1.39. The first kappa shape index (κ1) is 20.7. The Hall–Kier alpha value is -0.570. The summed E-state index contributed by atoms with van der Waals surface area (Å²) in [6, 6.07) is 7.80. The quantitative estimate of drug-likeness (QED) is 0.409. The largest absolute Gasteiger partial charge is 0.381 e. The molecule has 2 heterocycles. The minimum Gasteiger partial charge on any atom is -0.381 e. The van der Waals surface area contributed by atoms with E-state index >= 15 is 0 Å². The van der Waals surface area contributed by atoms with Crippen molar-refractivity contribution in [3.63, 3.8) is 0 Å². The molecule has 1 N–H and O–H groups in total. The number of guanidine groups is 1. The van der Waals surface area contributed by atoms with Gasteiger partial charge in [0.15, 0.2) is 5.96 Å². The maximum absolute atomic E-state index is 6.09. The van der Waals surface area contributed by atoms with Crippen LogP contribution in [0.25, 0.3) is 0 Å². The van der Waals surface area contributed by atoms with Gasteiger partial charge in [-0.3, -0.25) is 4.99 Å². The summed E-state index contributed by atoms with van der Waals surface area (Å²) in [5, 5.41) is 4.18. The number of aliphatic imine (C=N–C) groups is 1. The normalized spacial score (nSPS) is 24.4. The van der Waals surface area contributed by atoms with Gasteiger partial charge in [0.25, 0.3) is 0 Å². The summed E-state index contributed by atoms with van der Waals surface area (Å²) < 4.78 is 11.2. The van der Waals surface area contributed by atoms with Crippen LogP contribution in [0, 0.1) is 5.41 Å². The maximum atomic E-state index is 6.09. The van der Waals surface area contributed by atoms with Gasteiger partial charge in [-0.2, -0.15) is 0 Å². The van der Waals surface area contributed by atoms with Gasteiger partial charge in [-0.15, -0.1) is 24.0 Å². The topological polar surface area (TPSA) is 46.1 Å². The number of ether oxygens (including phenoxy) is 2. The molecule has 2 aliphatic rings. The van der Waals surface area contributed by atoms with E-state index < -0.39 is 0 Å². The van der Waals surface area contributed by atoms with Crippen LogP contribution in [0.3, 0.4) is 0 Å². The van der Waals surface area contributed by atoms with Crippen LogP contribution in [0.5, 0.6) is 0 Å². The van der Waals surface area contributed by atoms with Gasteiger partial charge in [0.1, 0.15) is 0 Å². The van der Waals surface area contributed by atoms with Gasteiger partial charge in [0, 0.05) is 50.8 Å². The van der Waals surface area contributed by atoms with E-state index in [2.05, 4.69) is 15.2 Å². The Morgan fingerprint density at radius 3 is 2.96 bits per heavy atom. The number of benzene rings is 1. The fourth-order valence-corrected chi connectivity index (χ4v) is 3.85. The zero-order chi connectivity index (χ0) is 17.0. The smallest absolute Gasteiger partial charge is 0.193 e. The summed E-state index contributed by atoms with van der Waals surface area (Å²) in [6.07, 6.45) is 2.27. The van der Waals surface area contributed by atoms with Crippen molar-refractivity contribution in [3.05, 3.63) is 34.9 Å². The lowest BCUT2D eigenvalue weighted by Crippen LogP contribution is -2.43. The maximum Gasteiger partial charge on any atom is 0.193 e. The Labute approximate surface area is 172 Å². The van der Waals surface area contributed by atoms with Crippen molar-refractivity contribution in [1.82, 2.24) is 10.2 Å². The van der Waals surface area contributed by atoms with Crippen LogP contribution >= 0.6 is 35.6 Å². The molecule has 0 radical (unpaired) electrons. The minimum absolute atomic E-state index is 0. The molecule has 25 heavy (non-hydrogen) atoms. The third kappa shape index (κ3) is 4.99. The Bertz CT molecular complexity index is 593. The van der Waals surface area contributed by atoms with Crippen molar-refractivity contribution in [2.75, 3.05) is 47.0 Å². The third-order valence-corrected chi connectivity index (χ3v) is 5.32. The molecule has 5 nitrogen and oxygen atoms in total. The van der Waals surface area contributed by atoms with Crippen LogP contribution in [0.4, 0.5) is 0 Å². The average molecular weight is 480 g/mol. The van der Waals surface area contributed by atoms with E-state index in [-0.39, 0.29) is 30.1 Å². The molecule has 2 atom stereocenters. The van der Waals surface area contributed by atoms with Crippen LogP contribution in [0.2, 0.25) is 5.02 Å². The second-order valence-electron chi connectivity index (χ2n) is 6.68. The first-order valence-corrected chi connectivity index (χ1v) is 8.85. The van der Waals surface area contributed by atoms with Crippen molar-refractivity contribution in [2.45, 2.75) is 18.9 Å². The first-order chi connectivity index (χ1) is 11.7. The van der Waals surface area contributed by atoms with Crippen LogP contribution in [0.1, 0.15) is 24.5 Å². The molecule has 2 aliphatic heterocycles. The minimum atomic E-state index is -0.0631. The van der Waals surface area contributed by atoms with Gasteiger partial charge in [-0.05, 0) is 30.5 Å². The lowest BCUT2D eigenvalue weighted by molar-refractivity contribution is 0.106. The average Bonchev–Trinajstić information content (AvgIpc) is 3.22. The summed E-state index contributed by atoms with van der Waals surface area (Å²) in [4.78, 5) is 6.78. The highest BCUT2D eigenvalue weighted by atomic mass is 127. The number of hydrogen-bond donors (Lipinski definition) is 1. The third-order valence-electron chi connectivity index (χ3n) is 5.09. The Morgan fingerprint density at radius 2 is 2.32 bits per heavy atom. The summed E-state index contributed by atoms with van der Waals surface area (Å²) in [5.74, 6) is 0.933. The van der Waals surface area contributed by atoms with E-state index in [0.29, 0.717) is 12.0 Å². The Balaban J connectivity index is 0.00000225. The number of hydrogen-bond acceptors (Lipinski definition) is 3. The SMILES string of the molecule is CN=C(NCC(OC)c1cccc(Cl)c1)N1CCC2(CCOC2)C1.I. The predicted molar refractivity (Wildman–Crippen MR) is 112 cm³/mol. The van der Waals surface area contributed by atoms with Crippen molar-refractivity contribution >= 4 is 41.5 Å². The molecule has 0 aromatic heterocycles. The van der Waals surface area contributed by atoms with Gasteiger partial charge in [0.2, 0.25) is 0 Å². The monoisotopic (exact) mass is 479 g/mol. The summed E-state index contributed by atoms with van der Waals surface area (Å²) in [7, 11) is 3.55. The van der Waals surface area contributed by atoms with Crippen LogP contribution < -0.4 is 5.32 Å². The number of nitrogens with one attached hydrogen (secondary N) is 1. The Kier molecular flexibility index (Phi) is 7.79. The van der Waals surface area contributed by atoms with E-state index in [4.69, 9.17) is 21.1 Å². The molecule has 1 aromatic carbocycles. The van der Waals surface area contributed by atoms with Gasteiger partial charge in [0.05, 0.1) is 12.7 Å². The molecule has 2 unspecified atom stereocenters. The van der Waals surface area contributed by atoms with Gasteiger partial charge < -0.3 is 19.7 Å². The van der Waals surface area contributed by atoms with E-state index in [9.17, 15) is 0 Å². The highest BCUT2D eigenvalue weighted by molar-refractivity contribution is 14.0. The standard InChI is InChI=1S/C18H26ClN3O2.HI/c1-20-17(22-8-6-18(12-22)7-9-24-13-18)21-11-16(23-2)14-4-3-5-15(19)10-14;/h3-5,10,16H,6-9,11-13H2,1-2H3,(H,20,21);1H. The number of rotatable bonds is 4. The van der Waals surface area contributed by atoms with Gasteiger partial charge >= 0.3 is 0 Å². The number of methoxy groups -OCH3 is 1.